The fourth-order valence-corrected chi connectivity index (χ4v) is 1.54. The fraction of sp³-hybridized carbons (Fsp3) is 0.200. The molecule has 2 rings (SSSR count). The molecule has 0 fully saturated rings. The summed E-state index contributed by atoms with van der Waals surface area (Å²) in [6, 6.07) is 5.73. The van der Waals surface area contributed by atoms with Gasteiger partial charge in [0.25, 0.3) is 0 Å². The van der Waals surface area contributed by atoms with Crippen LogP contribution in [0.1, 0.15) is 18.7 Å². The molecule has 1 unspecified atom stereocenters. The average molecular weight is 218 g/mol. The normalized spacial score (nSPS) is 13.1. The molecule has 5 heteroatoms. The van der Waals surface area contributed by atoms with Gasteiger partial charge in [0, 0.05) is 17.8 Å². The molecule has 0 aliphatic carbocycles. The quantitative estimate of drug-likeness (QED) is 0.741. The van der Waals surface area contributed by atoms with Crippen molar-refractivity contribution in [2.45, 2.75) is 13.0 Å². The Bertz CT molecular complexity index is 424. The van der Waals surface area contributed by atoms with Crippen LogP contribution in [0.3, 0.4) is 0 Å². The standard InChI is InChI=1S/C10H10N4S/c1-8(9-4-2-3-5-11-9)13-14-10-12-6-7-15-10/h2-8H,1H3. The van der Waals surface area contributed by atoms with Crippen LogP contribution in [-0.2, 0) is 0 Å². The monoisotopic (exact) mass is 218 g/mol. The first-order chi connectivity index (χ1) is 7.36. The van der Waals surface area contributed by atoms with Crippen LogP contribution in [0.2, 0.25) is 0 Å². The lowest BCUT2D eigenvalue weighted by Gasteiger charge is -2.01. The molecule has 0 saturated carbocycles. The van der Waals surface area contributed by atoms with Crippen LogP contribution in [0.15, 0.2) is 46.2 Å². The van der Waals surface area contributed by atoms with Crippen LogP contribution < -0.4 is 0 Å². The number of pyridine rings is 1. The van der Waals surface area contributed by atoms with E-state index in [-0.39, 0.29) is 6.04 Å². The first kappa shape index (κ1) is 9.92. The Hall–Kier alpha value is -1.62. The van der Waals surface area contributed by atoms with Gasteiger partial charge >= 0.3 is 0 Å². The lowest BCUT2D eigenvalue weighted by Crippen LogP contribution is -1.91. The van der Waals surface area contributed by atoms with Gasteiger partial charge in [0.2, 0.25) is 5.13 Å². The Morgan fingerprint density at radius 2 is 2.20 bits per heavy atom. The van der Waals surface area contributed by atoms with E-state index in [1.807, 2.05) is 30.5 Å². The molecule has 0 aliphatic rings. The lowest BCUT2D eigenvalue weighted by atomic mass is 10.2. The van der Waals surface area contributed by atoms with E-state index in [2.05, 4.69) is 20.2 Å². The third-order valence-electron chi connectivity index (χ3n) is 1.85. The maximum absolute atomic E-state index is 4.21. The van der Waals surface area contributed by atoms with Gasteiger partial charge in [-0.25, -0.2) is 4.98 Å². The van der Waals surface area contributed by atoms with E-state index in [0.717, 1.165) is 5.69 Å². The van der Waals surface area contributed by atoms with Gasteiger partial charge in [-0.3, -0.25) is 4.98 Å². The van der Waals surface area contributed by atoms with Crippen molar-refractivity contribution in [3.63, 3.8) is 0 Å². The molecule has 0 spiro atoms. The van der Waals surface area contributed by atoms with Crippen molar-refractivity contribution >= 4 is 16.5 Å². The van der Waals surface area contributed by atoms with E-state index in [0.29, 0.717) is 5.13 Å². The summed E-state index contributed by atoms with van der Waals surface area (Å²) in [7, 11) is 0. The predicted octanol–water partition coefficient (Wildman–Crippen LogP) is 3.38. The van der Waals surface area contributed by atoms with Crippen molar-refractivity contribution in [2.24, 2.45) is 10.2 Å². The molecule has 1 atom stereocenters. The third kappa shape index (κ3) is 2.66. The van der Waals surface area contributed by atoms with Crippen LogP contribution in [0.25, 0.3) is 0 Å². The summed E-state index contributed by atoms with van der Waals surface area (Å²) in [5.41, 5.74) is 0.915. The van der Waals surface area contributed by atoms with Crippen LogP contribution in [0.5, 0.6) is 0 Å². The van der Waals surface area contributed by atoms with Gasteiger partial charge in [-0.05, 0) is 19.1 Å². The molecule has 0 aliphatic heterocycles. The van der Waals surface area contributed by atoms with E-state index in [4.69, 9.17) is 0 Å². The van der Waals surface area contributed by atoms with Crippen LogP contribution in [0.4, 0.5) is 5.13 Å². The van der Waals surface area contributed by atoms with Crippen LogP contribution in [0, 0.1) is 0 Å². The third-order valence-corrected chi connectivity index (χ3v) is 2.51. The lowest BCUT2D eigenvalue weighted by molar-refractivity contribution is 0.735. The van der Waals surface area contributed by atoms with Crippen molar-refractivity contribution in [2.75, 3.05) is 0 Å². The van der Waals surface area contributed by atoms with Crippen LogP contribution in [-0.4, -0.2) is 9.97 Å². The second kappa shape index (κ2) is 4.75. The average Bonchev–Trinajstić information content (AvgIpc) is 2.80. The van der Waals surface area contributed by atoms with Crippen molar-refractivity contribution in [1.29, 1.82) is 0 Å². The minimum absolute atomic E-state index is 0.0323. The Morgan fingerprint density at radius 1 is 1.27 bits per heavy atom. The maximum Gasteiger partial charge on any atom is 0.229 e. The topological polar surface area (TPSA) is 50.5 Å². The number of rotatable bonds is 3. The van der Waals surface area contributed by atoms with Gasteiger partial charge in [-0.1, -0.05) is 6.07 Å². The summed E-state index contributed by atoms with van der Waals surface area (Å²) in [6.45, 7) is 1.96. The Balaban J connectivity index is 2.07. The van der Waals surface area contributed by atoms with Gasteiger partial charge in [-0.15, -0.1) is 16.5 Å². The molecule has 2 heterocycles. The molecule has 0 saturated heterocycles. The fourth-order valence-electron chi connectivity index (χ4n) is 1.08. The van der Waals surface area contributed by atoms with Crippen molar-refractivity contribution in [3.8, 4) is 0 Å². The summed E-state index contributed by atoms with van der Waals surface area (Å²) in [4.78, 5) is 8.23. The van der Waals surface area contributed by atoms with Gasteiger partial charge in [-0.2, -0.15) is 5.11 Å². The summed E-state index contributed by atoms with van der Waals surface area (Å²) >= 11 is 1.47. The highest BCUT2D eigenvalue weighted by Gasteiger charge is 2.03. The van der Waals surface area contributed by atoms with Gasteiger partial charge in [0.05, 0.1) is 5.69 Å². The van der Waals surface area contributed by atoms with E-state index < -0.39 is 0 Å². The zero-order chi connectivity index (χ0) is 10.5. The minimum atomic E-state index is -0.0323. The molecular weight excluding hydrogens is 208 g/mol. The minimum Gasteiger partial charge on any atom is -0.259 e. The first-order valence-electron chi connectivity index (χ1n) is 4.57. The van der Waals surface area contributed by atoms with Gasteiger partial charge < -0.3 is 0 Å². The number of azo groups is 1. The maximum atomic E-state index is 4.21. The number of nitrogens with zero attached hydrogens (tertiary/aromatic N) is 4. The SMILES string of the molecule is CC(N=Nc1nccs1)c1ccccn1. The molecule has 2 aromatic heterocycles. The molecule has 2 aromatic rings. The molecule has 76 valence electrons. The largest absolute Gasteiger partial charge is 0.259 e. The highest BCUT2D eigenvalue weighted by Crippen LogP contribution is 2.20. The van der Waals surface area contributed by atoms with Gasteiger partial charge in [0.15, 0.2) is 0 Å². The second-order valence-electron chi connectivity index (χ2n) is 2.96. The zero-order valence-electron chi connectivity index (χ0n) is 8.24. The smallest absolute Gasteiger partial charge is 0.229 e. The highest BCUT2D eigenvalue weighted by molar-refractivity contribution is 7.13. The number of hydrogen-bond acceptors (Lipinski definition) is 5. The molecule has 0 aromatic carbocycles. The summed E-state index contributed by atoms with van der Waals surface area (Å²) < 4.78 is 0. The summed E-state index contributed by atoms with van der Waals surface area (Å²) in [6.07, 6.45) is 3.47. The molecule has 15 heavy (non-hydrogen) atoms. The van der Waals surface area contributed by atoms with Crippen LogP contribution >= 0.6 is 11.3 Å². The summed E-state index contributed by atoms with van der Waals surface area (Å²) in [5.74, 6) is 0. The number of aromatic nitrogens is 2. The Kier molecular flexibility index (Phi) is 3.14. The molecule has 0 bridgehead atoms. The molecule has 0 N–H and O–H groups in total. The van der Waals surface area contributed by atoms with Crippen molar-refractivity contribution in [3.05, 3.63) is 41.7 Å². The van der Waals surface area contributed by atoms with E-state index >= 15 is 0 Å². The Morgan fingerprint density at radius 3 is 2.87 bits per heavy atom. The van der Waals surface area contributed by atoms with E-state index in [1.165, 1.54) is 11.3 Å². The number of hydrogen-bond donors (Lipinski definition) is 0. The molecular formula is C10H10N4S. The van der Waals surface area contributed by atoms with Gasteiger partial charge in [0.1, 0.15) is 6.04 Å². The van der Waals surface area contributed by atoms with Crippen molar-refractivity contribution in [1.82, 2.24) is 9.97 Å². The molecule has 4 nitrogen and oxygen atoms in total. The molecule has 0 radical (unpaired) electrons. The first-order valence-corrected chi connectivity index (χ1v) is 5.45. The van der Waals surface area contributed by atoms with E-state index in [1.54, 1.807) is 12.4 Å². The molecule has 0 amide bonds. The van der Waals surface area contributed by atoms with E-state index in [9.17, 15) is 0 Å². The Labute approximate surface area is 91.7 Å². The zero-order valence-corrected chi connectivity index (χ0v) is 9.06. The second-order valence-corrected chi connectivity index (χ2v) is 3.83. The van der Waals surface area contributed by atoms with Crippen molar-refractivity contribution < 1.29 is 0 Å². The highest BCUT2D eigenvalue weighted by atomic mass is 32.1. The predicted molar refractivity (Wildman–Crippen MR) is 59.3 cm³/mol. The number of thiazole rings is 1. The summed E-state index contributed by atoms with van der Waals surface area (Å²) in [5, 5.41) is 10.7.